The van der Waals surface area contributed by atoms with Gasteiger partial charge in [0.1, 0.15) is 0 Å². The summed E-state index contributed by atoms with van der Waals surface area (Å²) in [5.74, 6) is 5.72. The lowest BCUT2D eigenvalue weighted by Gasteiger charge is -2.24. The molecule has 0 N–H and O–H groups in total. The van der Waals surface area contributed by atoms with Gasteiger partial charge < -0.3 is 0 Å². The minimum absolute atomic E-state index is 0.0277. The largest absolute Gasteiger partial charge is 0.265 e. The fraction of sp³-hybridized carbons (Fsp3) is 0.152. The van der Waals surface area contributed by atoms with Crippen LogP contribution in [0.3, 0.4) is 0 Å². The lowest BCUT2D eigenvalue weighted by atomic mass is 10.2. The standard InChI is InChI=1S/C33H32N2O4S2/c1-27-16-20-32(21-17-27)40(36,37)34(25-30-12-6-4-7-13-30)24-10-11-29(3)35(26-31-14-8-5-9-15-31)41(38,39)33-22-18-28(2)19-23-33/h4-9,12-23H,3,24-26H2,1-2H3. The van der Waals surface area contributed by atoms with E-state index in [9.17, 15) is 16.8 Å². The molecule has 0 bridgehead atoms. The SMILES string of the molecule is C=C(C#CCN(Cc1ccccc1)S(=O)(=O)c1ccc(C)cc1)N(Cc1ccccc1)S(=O)(=O)c1ccc(C)cc1. The van der Waals surface area contributed by atoms with Crippen molar-refractivity contribution in [2.24, 2.45) is 0 Å². The Bertz CT molecular complexity index is 1760. The number of benzene rings is 4. The second-order valence-electron chi connectivity index (χ2n) is 9.63. The number of hydrogen-bond acceptors (Lipinski definition) is 4. The molecule has 0 saturated carbocycles. The molecular formula is C33H32N2O4S2. The summed E-state index contributed by atoms with van der Waals surface area (Å²) in [5, 5.41) is 0. The summed E-state index contributed by atoms with van der Waals surface area (Å²) in [4.78, 5) is 0.280. The van der Waals surface area contributed by atoms with E-state index in [1.165, 1.54) is 4.31 Å². The molecular weight excluding hydrogens is 553 g/mol. The van der Waals surface area contributed by atoms with Crippen LogP contribution in [0.5, 0.6) is 0 Å². The van der Waals surface area contributed by atoms with E-state index in [2.05, 4.69) is 18.4 Å². The maximum atomic E-state index is 13.7. The van der Waals surface area contributed by atoms with Crippen LogP contribution in [0, 0.1) is 25.7 Å². The van der Waals surface area contributed by atoms with E-state index >= 15 is 0 Å². The first kappa shape index (κ1) is 29.8. The summed E-state index contributed by atoms with van der Waals surface area (Å²) in [5.41, 5.74) is 3.49. The first-order valence-electron chi connectivity index (χ1n) is 13.0. The van der Waals surface area contributed by atoms with Crippen molar-refractivity contribution in [3.05, 3.63) is 144 Å². The lowest BCUT2D eigenvalue weighted by Crippen LogP contribution is -2.31. The molecule has 0 aliphatic heterocycles. The van der Waals surface area contributed by atoms with E-state index < -0.39 is 20.0 Å². The molecule has 0 saturated heterocycles. The normalized spacial score (nSPS) is 11.5. The smallest absolute Gasteiger partial charge is 0.255 e. The van der Waals surface area contributed by atoms with Gasteiger partial charge in [0, 0.05) is 6.54 Å². The van der Waals surface area contributed by atoms with Crippen molar-refractivity contribution in [3.8, 4) is 11.8 Å². The zero-order valence-electron chi connectivity index (χ0n) is 23.1. The molecule has 210 valence electrons. The Balaban J connectivity index is 1.66. The van der Waals surface area contributed by atoms with Gasteiger partial charge >= 0.3 is 0 Å². The number of allylic oxidation sites excluding steroid dienone is 1. The van der Waals surface area contributed by atoms with Crippen molar-refractivity contribution < 1.29 is 16.8 Å². The summed E-state index contributed by atoms with van der Waals surface area (Å²) in [6, 6.07) is 31.6. The molecule has 41 heavy (non-hydrogen) atoms. The van der Waals surface area contributed by atoms with Crippen molar-refractivity contribution >= 4 is 20.0 Å². The molecule has 0 atom stereocenters. The number of rotatable bonds is 10. The molecule has 0 aliphatic carbocycles. The van der Waals surface area contributed by atoms with Gasteiger partial charge in [-0.15, -0.1) is 0 Å². The van der Waals surface area contributed by atoms with E-state index in [-0.39, 0.29) is 35.1 Å². The van der Waals surface area contributed by atoms with Crippen molar-refractivity contribution in [2.75, 3.05) is 6.54 Å². The molecule has 8 heteroatoms. The van der Waals surface area contributed by atoms with Gasteiger partial charge in [0.05, 0.1) is 28.6 Å². The van der Waals surface area contributed by atoms with Crippen LogP contribution in [-0.4, -0.2) is 32.0 Å². The number of sulfonamides is 2. The van der Waals surface area contributed by atoms with Crippen LogP contribution < -0.4 is 0 Å². The second kappa shape index (κ2) is 13.0. The first-order valence-corrected chi connectivity index (χ1v) is 15.9. The molecule has 0 aromatic heterocycles. The third kappa shape index (κ3) is 7.53. The van der Waals surface area contributed by atoms with Crippen LogP contribution in [0.2, 0.25) is 0 Å². The lowest BCUT2D eigenvalue weighted by molar-refractivity contribution is 0.442. The summed E-state index contributed by atoms with van der Waals surface area (Å²) in [6.45, 7) is 7.72. The summed E-state index contributed by atoms with van der Waals surface area (Å²) >= 11 is 0. The van der Waals surface area contributed by atoms with E-state index in [1.54, 1.807) is 48.5 Å². The highest BCUT2D eigenvalue weighted by molar-refractivity contribution is 7.89. The Hall–Kier alpha value is -4.16. The topological polar surface area (TPSA) is 74.8 Å². The van der Waals surface area contributed by atoms with Gasteiger partial charge in [-0.1, -0.05) is 109 Å². The molecule has 4 aromatic rings. The van der Waals surface area contributed by atoms with Crippen LogP contribution in [0.4, 0.5) is 0 Å². The van der Waals surface area contributed by atoms with E-state index in [0.717, 1.165) is 26.6 Å². The fourth-order valence-electron chi connectivity index (χ4n) is 4.08. The van der Waals surface area contributed by atoms with E-state index in [4.69, 9.17) is 0 Å². The van der Waals surface area contributed by atoms with Gasteiger partial charge in [-0.05, 0) is 55.2 Å². The quantitative estimate of drug-likeness (QED) is 0.218. The average Bonchev–Trinajstić information content (AvgIpc) is 2.96. The Labute approximate surface area is 243 Å². The fourth-order valence-corrected chi connectivity index (χ4v) is 6.80. The number of nitrogens with zero attached hydrogens (tertiary/aromatic N) is 2. The van der Waals surface area contributed by atoms with Crippen LogP contribution in [0.15, 0.2) is 131 Å². The molecule has 4 rings (SSSR count). The third-order valence-electron chi connectivity index (χ3n) is 6.43. The van der Waals surface area contributed by atoms with E-state index in [0.29, 0.717) is 0 Å². The minimum Gasteiger partial charge on any atom is -0.255 e. The highest BCUT2D eigenvalue weighted by atomic mass is 32.2. The molecule has 0 aliphatic rings. The Morgan fingerprint density at radius 3 is 1.56 bits per heavy atom. The molecule has 4 aromatic carbocycles. The molecule has 0 heterocycles. The molecule has 0 unspecified atom stereocenters. The summed E-state index contributed by atoms with van der Waals surface area (Å²) in [7, 11) is -7.88. The van der Waals surface area contributed by atoms with Crippen molar-refractivity contribution in [1.29, 1.82) is 0 Å². The number of hydrogen-bond donors (Lipinski definition) is 0. The predicted molar refractivity (Wildman–Crippen MR) is 162 cm³/mol. The minimum atomic E-state index is -3.99. The molecule has 0 fully saturated rings. The predicted octanol–water partition coefficient (Wildman–Crippen LogP) is 5.90. The molecule has 0 radical (unpaired) electrons. The van der Waals surface area contributed by atoms with Crippen LogP contribution in [0.1, 0.15) is 22.3 Å². The average molecular weight is 585 g/mol. The van der Waals surface area contributed by atoms with Crippen LogP contribution >= 0.6 is 0 Å². The number of aryl methyl sites for hydroxylation is 2. The van der Waals surface area contributed by atoms with Gasteiger partial charge in [-0.25, -0.2) is 16.8 Å². The third-order valence-corrected chi connectivity index (χ3v) is 10.0. The van der Waals surface area contributed by atoms with Crippen molar-refractivity contribution in [3.63, 3.8) is 0 Å². The van der Waals surface area contributed by atoms with Gasteiger partial charge in [-0.2, -0.15) is 4.31 Å². The van der Waals surface area contributed by atoms with Crippen molar-refractivity contribution in [2.45, 2.75) is 36.7 Å². The van der Waals surface area contributed by atoms with Crippen LogP contribution in [0.25, 0.3) is 0 Å². The maximum Gasteiger partial charge on any atom is 0.265 e. The van der Waals surface area contributed by atoms with Gasteiger partial charge in [-0.3, -0.25) is 4.31 Å². The van der Waals surface area contributed by atoms with Gasteiger partial charge in [0.25, 0.3) is 10.0 Å². The maximum absolute atomic E-state index is 13.7. The zero-order valence-corrected chi connectivity index (χ0v) is 24.7. The summed E-state index contributed by atoms with van der Waals surface area (Å²) < 4.78 is 57.0. The molecule has 0 spiro atoms. The molecule has 0 amide bonds. The second-order valence-corrected chi connectivity index (χ2v) is 13.4. The zero-order chi connectivity index (χ0) is 29.5. The highest BCUT2D eigenvalue weighted by Gasteiger charge is 2.26. The van der Waals surface area contributed by atoms with E-state index in [1.807, 2.05) is 74.5 Å². The summed E-state index contributed by atoms with van der Waals surface area (Å²) in [6.07, 6.45) is 0. The molecule has 6 nitrogen and oxygen atoms in total. The van der Waals surface area contributed by atoms with Gasteiger partial charge in [0.15, 0.2) is 0 Å². The van der Waals surface area contributed by atoms with Gasteiger partial charge in [0.2, 0.25) is 10.0 Å². The van der Waals surface area contributed by atoms with Crippen LogP contribution in [-0.2, 0) is 33.1 Å². The Morgan fingerprint density at radius 2 is 1.07 bits per heavy atom. The van der Waals surface area contributed by atoms with Crippen molar-refractivity contribution in [1.82, 2.24) is 8.61 Å². The monoisotopic (exact) mass is 584 g/mol. The Kier molecular flexibility index (Phi) is 9.46. The Morgan fingerprint density at radius 1 is 0.634 bits per heavy atom. The first-order chi connectivity index (χ1) is 19.6. The highest BCUT2D eigenvalue weighted by Crippen LogP contribution is 2.23.